The molecule has 5 nitrogen and oxygen atoms in total. The van der Waals surface area contributed by atoms with E-state index in [4.69, 9.17) is 11.5 Å². The van der Waals surface area contributed by atoms with Crippen molar-refractivity contribution in [3.05, 3.63) is 0 Å². The second kappa shape index (κ2) is 7.46. The maximum Gasteiger partial charge on any atom is 0.185 e. The fourth-order valence-corrected chi connectivity index (χ4v) is 1.94. The van der Waals surface area contributed by atoms with Crippen LogP contribution in [0.3, 0.4) is 0 Å². The molecule has 1 aliphatic rings. The molecule has 0 aromatic carbocycles. The third-order valence-corrected chi connectivity index (χ3v) is 3.00. The third kappa shape index (κ3) is 5.32. The molecule has 0 aliphatic carbocycles. The van der Waals surface area contributed by atoms with Gasteiger partial charge in [-0.05, 0) is 13.0 Å². The Balaban J connectivity index is 2.09. The van der Waals surface area contributed by atoms with E-state index < -0.39 is 0 Å². The summed E-state index contributed by atoms with van der Waals surface area (Å²) in [5.74, 6) is 0.196. The van der Waals surface area contributed by atoms with Gasteiger partial charge in [0.15, 0.2) is 5.96 Å². The van der Waals surface area contributed by atoms with Gasteiger partial charge in [0.1, 0.15) is 0 Å². The SMILES string of the molecule is CCCCN1CCN(CCN=C(N)N)CC1. The summed E-state index contributed by atoms with van der Waals surface area (Å²) >= 11 is 0. The predicted molar refractivity (Wildman–Crippen MR) is 68.5 cm³/mol. The number of hydrogen-bond acceptors (Lipinski definition) is 3. The number of piperazine rings is 1. The molecule has 0 amide bonds. The topological polar surface area (TPSA) is 70.9 Å². The summed E-state index contributed by atoms with van der Waals surface area (Å²) in [5, 5.41) is 0. The van der Waals surface area contributed by atoms with Crippen molar-refractivity contribution in [2.75, 3.05) is 45.8 Å². The number of unbranched alkanes of at least 4 members (excludes halogenated alkanes) is 1. The second-order valence-corrected chi connectivity index (χ2v) is 4.34. The molecule has 1 saturated heterocycles. The number of hydrogen-bond donors (Lipinski definition) is 2. The molecule has 0 aromatic heterocycles. The molecule has 0 aromatic rings. The summed E-state index contributed by atoms with van der Waals surface area (Å²) in [7, 11) is 0. The molecule has 1 rings (SSSR count). The van der Waals surface area contributed by atoms with E-state index in [1.54, 1.807) is 0 Å². The summed E-state index contributed by atoms with van der Waals surface area (Å²) in [6, 6.07) is 0. The van der Waals surface area contributed by atoms with Crippen LogP contribution in [0.4, 0.5) is 0 Å². The predicted octanol–water partition coefficient (Wildman–Crippen LogP) is -0.322. The zero-order valence-electron chi connectivity index (χ0n) is 10.4. The quantitative estimate of drug-likeness (QED) is 0.482. The number of nitrogens with two attached hydrogens (primary N) is 2. The fourth-order valence-electron chi connectivity index (χ4n) is 1.94. The average molecular weight is 227 g/mol. The lowest BCUT2D eigenvalue weighted by atomic mass is 10.2. The van der Waals surface area contributed by atoms with E-state index in [2.05, 4.69) is 21.7 Å². The Hall–Kier alpha value is -0.810. The standard InChI is InChI=1S/C11H25N5/c1-2-3-5-15-7-9-16(10-8-15)6-4-14-11(12)13/h2-10H2,1H3,(H4,12,13,14). The molecule has 4 N–H and O–H groups in total. The van der Waals surface area contributed by atoms with Crippen molar-refractivity contribution in [3.63, 3.8) is 0 Å². The van der Waals surface area contributed by atoms with Gasteiger partial charge in [0.05, 0.1) is 6.54 Å². The maximum absolute atomic E-state index is 5.29. The minimum atomic E-state index is 0.196. The first-order valence-corrected chi connectivity index (χ1v) is 6.22. The summed E-state index contributed by atoms with van der Waals surface area (Å²) in [6.07, 6.45) is 2.60. The maximum atomic E-state index is 5.29. The molecular weight excluding hydrogens is 202 g/mol. The Morgan fingerprint density at radius 1 is 1.06 bits per heavy atom. The molecule has 0 spiro atoms. The number of guanidine groups is 1. The molecule has 0 radical (unpaired) electrons. The third-order valence-electron chi connectivity index (χ3n) is 3.00. The highest BCUT2D eigenvalue weighted by molar-refractivity contribution is 5.75. The molecule has 1 aliphatic heterocycles. The van der Waals surface area contributed by atoms with Gasteiger partial charge in [0.25, 0.3) is 0 Å². The first kappa shape index (κ1) is 13.3. The lowest BCUT2D eigenvalue weighted by molar-refractivity contribution is 0.134. The molecule has 5 heteroatoms. The Morgan fingerprint density at radius 2 is 1.62 bits per heavy atom. The molecule has 94 valence electrons. The van der Waals surface area contributed by atoms with Crippen LogP contribution < -0.4 is 11.5 Å². The van der Waals surface area contributed by atoms with Gasteiger partial charge in [0, 0.05) is 32.7 Å². The van der Waals surface area contributed by atoms with E-state index in [-0.39, 0.29) is 5.96 Å². The first-order chi connectivity index (χ1) is 7.72. The molecule has 0 atom stereocenters. The van der Waals surface area contributed by atoms with Gasteiger partial charge >= 0.3 is 0 Å². The first-order valence-electron chi connectivity index (χ1n) is 6.22. The van der Waals surface area contributed by atoms with Gasteiger partial charge in [-0.25, -0.2) is 0 Å². The van der Waals surface area contributed by atoms with Crippen LogP contribution in [0.15, 0.2) is 4.99 Å². The van der Waals surface area contributed by atoms with Crippen molar-refractivity contribution >= 4 is 5.96 Å². The van der Waals surface area contributed by atoms with E-state index in [1.165, 1.54) is 32.5 Å². The van der Waals surface area contributed by atoms with E-state index in [9.17, 15) is 0 Å². The Labute approximate surface area is 98.5 Å². The van der Waals surface area contributed by atoms with Crippen LogP contribution in [-0.4, -0.2) is 61.6 Å². The molecular formula is C11H25N5. The van der Waals surface area contributed by atoms with Gasteiger partial charge in [-0.3, -0.25) is 9.89 Å². The number of aliphatic imine (C=N–C) groups is 1. The summed E-state index contributed by atoms with van der Waals surface area (Å²) in [6.45, 7) is 9.83. The molecule has 0 bridgehead atoms. The number of rotatable bonds is 6. The van der Waals surface area contributed by atoms with E-state index >= 15 is 0 Å². The molecule has 16 heavy (non-hydrogen) atoms. The molecule has 1 heterocycles. The highest BCUT2D eigenvalue weighted by atomic mass is 15.3. The summed E-state index contributed by atoms with van der Waals surface area (Å²) < 4.78 is 0. The van der Waals surface area contributed by atoms with Crippen LogP contribution in [0.1, 0.15) is 19.8 Å². The van der Waals surface area contributed by atoms with Crippen molar-refractivity contribution in [1.82, 2.24) is 9.80 Å². The Kier molecular flexibility index (Phi) is 6.18. The van der Waals surface area contributed by atoms with Gasteiger partial charge < -0.3 is 16.4 Å². The highest BCUT2D eigenvalue weighted by Crippen LogP contribution is 2.03. The van der Waals surface area contributed by atoms with Crippen LogP contribution >= 0.6 is 0 Å². The highest BCUT2D eigenvalue weighted by Gasteiger charge is 2.15. The normalized spacial score (nSPS) is 18.6. The second-order valence-electron chi connectivity index (χ2n) is 4.34. The van der Waals surface area contributed by atoms with Crippen molar-refractivity contribution in [2.24, 2.45) is 16.5 Å². The lowest BCUT2D eigenvalue weighted by Gasteiger charge is -2.34. The zero-order chi connectivity index (χ0) is 11.8. The monoisotopic (exact) mass is 227 g/mol. The van der Waals surface area contributed by atoms with Crippen molar-refractivity contribution < 1.29 is 0 Å². The van der Waals surface area contributed by atoms with Gasteiger partial charge in [-0.2, -0.15) is 0 Å². The van der Waals surface area contributed by atoms with Gasteiger partial charge in [0.2, 0.25) is 0 Å². The van der Waals surface area contributed by atoms with E-state index in [0.717, 1.165) is 26.2 Å². The molecule has 0 saturated carbocycles. The van der Waals surface area contributed by atoms with Crippen molar-refractivity contribution in [2.45, 2.75) is 19.8 Å². The summed E-state index contributed by atoms with van der Waals surface area (Å²) in [5.41, 5.74) is 10.6. The van der Waals surface area contributed by atoms with Crippen LogP contribution in [0, 0.1) is 0 Å². The van der Waals surface area contributed by atoms with Crippen LogP contribution in [-0.2, 0) is 0 Å². The van der Waals surface area contributed by atoms with Crippen molar-refractivity contribution in [3.8, 4) is 0 Å². The van der Waals surface area contributed by atoms with Crippen LogP contribution in [0.25, 0.3) is 0 Å². The fraction of sp³-hybridized carbons (Fsp3) is 0.909. The Bertz CT molecular complexity index is 204. The minimum absolute atomic E-state index is 0.196. The average Bonchev–Trinajstić information content (AvgIpc) is 2.27. The molecule has 0 unspecified atom stereocenters. The van der Waals surface area contributed by atoms with Gasteiger partial charge in [-0.1, -0.05) is 13.3 Å². The zero-order valence-corrected chi connectivity index (χ0v) is 10.4. The lowest BCUT2D eigenvalue weighted by Crippen LogP contribution is -2.47. The van der Waals surface area contributed by atoms with Gasteiger partial charge in [-0.15, -0.1) is 0 Å². The van der Waals surface area contributed by atoms with E-state index in [1.807, 2.05) is 0 Å². The smallest absolute Gasteiger partial charge is 0.185 e. The van der Waals surface area contributed by atoms with E-state index in [0.29, 0.717) is 0 Å². The summed E-state index contributed by atoms with van der Waals surface area (Å²) in [4.78, 5) is 8.97. The van der Waals surface area contributed by atoms with Crippen LogP contribution in [0.5, 0.6) is 0 Å². The minimum Gasteiger partial charge on any atom is -0.370 e. The van der Waals surface area contributed by atoms with Crippen molar-refractivity contribution in [1.29, 1.82) is 0 Å². The van der Waals surface area contributed by atoms with Crippen LogP contribution in [0.2, 0.25) is 0 Å². The molecule has 1 fully saturated rings. The largest absolute Gasteiger partial charge is 0.370 e. The number of nitrogens with zero attached hydrogens (tertiary/aromatic N) is 3. The Morgan fingerprint density at radius 3 is 2.12 bits per heavy atom.